The number of benzene rings is 2. The first kappa shape index (κ1) is 13.2. The maximum Gasteiger partial charge on any atom is 0.127 e. The van der Waals surface area contributed by atoms with Gasteiger partial charge in [0.25, 0.3) is 0 Å². The highest BCUT2D eigenvalue weighted by Gasteiger charge is 2.05. The van der Waals surface area contributed by atoms with Crippen molar-refractivity contribution in [3.8, 4) is 11.4 Å². The van der Waals surface area contributed by atoms with Crippen molar-refractivity contribution >= 4 is 5.82 Å². The van der Waals surface area contributed by atoms with E-state index in [1.54, 1.807) is 4.68 Å². The third-order valence-corrected chi connectivity index (χ3v) is 3.17. The fourth-order valence-electron chi connectivity index (χ4n) is 2.17. The van der Waals surface area contributed by atoms with Gasteiger partial charge in [-0.25, -0.2) is 4.68 Å². The van der Waals surface area contributed by atoms with Crippen LogP contribution < -0.4 is 10.5 Å². The molecule has 0 fully saturated rings. The maximum atomic E-state index is 5.95. The van der Waals surface area contributed by atoms with E-state index in [1.165, 1.54) is 0 Å². The minimum absolute atomic E-state index is 0.540. The highest BCUT2D eigenvalue weighted by molar-refractivity contribution is 5.45. The zero-order chi connectivity index (χ0) is 14.7. The molecule has 1 heterocycles. The first-order valence-electron chi connectivity index (χ1n) is 6.82. The van der Waals surface area contributed by atoms with Crippen LogP contribution in [-0.2, 0) is 6.61 Å². The molecule has 0 spiro atoms. The Bertz CT molecular complexity index is 735. The van der Waals surface area contributed by atoms with E-state index >= 15 is 0 Å². The minimum atomic E-state index is 0.540. The van der Waals surface area contributed by atoms with Gasteiger partial charge >= 0.3 is 0 Å². The van der Waals surface area contributed by atoms with Gasteiger partial charge in [-0.15, -0.1) is 0 Å². The van der Waals surface area contributed by atoms with Gasteiger partial charge in [0.2, 0.25) is 0 Å². The standard InChI is InChI=1S/C17H17N3O/c1-13-10-17(18)20(19-13)15-8-5-9-16(11-15)21-12-14-6-3-2-4-7-14/h2-11H,12,18H2,1H3. The van der Waals surface area contributed by atoms with Crippen LogP contribution in [0.1, 0.15) is 11.3 Å². The molecule has 4 heteroatoms. The van der Waals surface area contributed by atoms with Gasteiger partial charge in [-0.2, -0.15) is 5.10 Å². The molecule has 21 heavy (non-hydrogen) atoms. The van der Waals surface area contributed by atoms with Crippen LogP contribution in [0.5, 0.6) is 5.75 Å². The molecule has 4 nitrogen and oxygen atoms in total. The van der Waals surface area contributed by atoms with E-state index in [0.29, 0.717) is 12.4 Å². The van der Waals surface area contributed by atoms with Gasteiger partial charge < -0.3 is 10.5 Å². The number of aromatic nitrogens is 2. The molecule has 106 valence electrons. The van der Waals surface area contributed by atoms with E-state index in [9.17, 15) is 0 Å². The Morgan fingerprint density at radius 3 is 2.57 bits per heavy atom. The van der Waals surface area contributed by atoms with Crippen molar-refractivity contribution in [3.05, 3.63) is 71.9 Å². The molecule has 2 aromatic carbocycles. The Hall–Kier alpha value is -2.75. The Morgan fingerprint density at radius 1 is 1.05 bits per heavy atom. The van der Waals surface area contributed by atoms with E-state index in [0.717, 1.165) is 22.7 Å². The van der Waals surface area contributed by atoms with Crippen LogP contribution in [0.3, 0.4) is 0 Å². The first-order valence-corrected chi connectivity index (χ1v) is 6.82. The van der Waals surface area contributed by atoms with Crippen molar-refractivity contribution in [3.63, 3.8) is 0 Å². The molecule has 0 aliphatic carbocycles. The average molecular weight is 279 g/mol. The summed E-state index contributed by atoms with van der Waals surface area (Å²) in [7, 11) is 0. The summed E-state index contributed by atoms with van der Waals surface area (Å²) in [6, 6.07) is 19.7. The zero-order valence-electron chi connectivity index (χ0n) is 11.9. The van der Waals surface area contributed by atoms with E-state index < -0.39 is 0 Å². The SMILES string of the molecule is Cc1cc(N)n(-c2cccc(OCc3ccccc3)c2)n1. The lowest BCUT2D eigenvalue weighted by Gasteiger charge is -2.09. The van der Waals surface area contributed by atoms with Crippen molar-refractivity contribution in [2.24, 2.45) is 0 Å². The van der Waals surface area contributed by atoms with Gasteiger partial charge in [0.15, 0.2) is 0 Å². The Kier molecular flexibility index (Phi) is 3.60. The van der Waals surface area contributed by atoms with Crippen LogP contribution >= 0.6 is 0 Å². The third kappa shape index (κ3) is 3.05. The summed E-state index contributed by atoms with van der Waals surface area (Å²) < 4.78 is 7.53. The number of anilines is 1. The van der Waals surface area contributed by atoms with Crippen molar-refractivity contribution in [2.75, 3.05) is 5.73 Å². The topological polar surface area (TPSA) is 53.1 Å². The monoisotopic (exact) mass is 279 g/mol. The largest absolute Gasteiger partial charge is 0.489 e. The number of nitrogens with two attached hydrogens (primary N) is 1. The second-order valence-corrected chi connectivity index (χ2v) is 4.89. The Morgan fingerprint density at radius 2 is 1.86 bits per heavy atom. The summed E-state index contributed by atoms with van der Waals surface area (Å²) in [6.45, 7) is 2.46. The number of aryl methyl sites for hydroxylation is 1. The molecule has 0 radical (unpaired) electrons. The molecule has 3 aromatic rings. The Labute approximate surface area is 123 Å². The molecule has 1 aromatic heterocycles. The molecule has 3 rings (SSSR count). The fourth-order valence-corrected chi connectivity index (χ4v) is 2.17. The van der Waals surface area contributed by atoms with E-state index in [-0.39, 0.29) is 0 Å². The lowest BCUT2D eigenvalue weighted by Crippen LogP contribution is -2.02. The molecular weight excluding hydrogens is 262 g/mol. The van der Waals surface area contributed by atoms with Gasteiger partial charge in [-0.05, 0) is 24.6 Å². The predicted molar refractivity (Wildman–Crippen MR) is 83.5 cm³/mol. The lowest BCUT2D eigenvalue weighted by molar-refractivity contribution is 0.306. The molecule has 0 saturated carbocycles. The quantitative estimate of drug-likeness (QED) is 0.797. The van der Waals surface area contributed by atoms with Crippen molar-refractivity contribution in [2.45, 2.75) is 13.5 Å². The predicted octanol–water partition coefficient (Wildman–Crippen LogP) is 3.34. The van der Waals surface area contributed by atoms with Crippen LogP contribution in [0.4, 0.5) is 5.82 Å². The van der Waals surface area contributed by atoms with E-state index in [1.807, 2.05) is 67.6 Å². The van der Waals surface area contributed by atoms with Crippen molar-refractivity contribution < 1.29 is 4.74 Å². The van der Waals surface area contributed by atoms with Crippen LogP contribution in [-0.4, -0.2) is 9.78 Å². The summed E-state index contributed by atoms with van der Waals surface area (Å²) >= 11 is 0. The van der Waals surface area contributed by atoms with Gasteiger partial charge in [-0.3, -0.25) is 0 Å². The molecule has 0 saturated heterocycles. The van der Waals surface area contributed by atoms with Gasteiger partial charge in [0.05, 0.1) is 11.4 Å². The molecule has 0 amide bonds. The Balaban J connectivity index is 1.79. The maximum absolute atomic E-state index is 5.95. The first-order chi connectivity index (χ1) is 10.2. The van der Waals surface area contributed by atoms with Crippen molar-refractivity contribution in [1.82, 2.24) is 9.78 Å². The number of ether oxygens (including phenoxy) is 1. The zero-order valence-corrected chi connectivity index (χ0v) is 11.9. The molecule has 0 atom stereocenters. The molecule has 0 aliphatic rings. The third-order valence-electron chi connectivity index (χ3n) is 3.17. The normalized spacial score (nSPS) is 10.5. The second-order valence-electron chi connectivity index (χ2n) is 4.89. The second kappa shape index (κ2) is 5.71. The smallest absolute Gasteiger partial charge is 0.127 e. The average Bonchev–Trinajstić information content (AvgIpc) is 2.85. The summed E-state index contributed by atoms with van der Waals surface area (Å²) in [5, 5.41) is 4.38. The fraction of sp³-hybridized carbons (Fsp3) is 0.118. The summed E-state index contributed by atoms with van der Waals surface area (Å²) in [4.78, 5) is 0. The van der Waals surface area contributed by atoms with Crippen LogP contribution in [0.2, 0.25) is 0 Å². The highest BCUT2D eigenvalue weighted by atomic mass is 16.5. The molecule has 0 bridgehead atoms. The molecule has 2 N–H and O–H groups in total. The van der Waals surface area contributed by atoms with Crippen LogP contribution in [0.15, 0.2) is 60.7 Å². The van der Waals surface area contributed by atoms with E-state index in [2.05, 4.69) is 5.10 Å². The van der Waals surface area contributed by atoms with E-state index in [4.69, 9.17) is 10.5 Å². The van der Waals surface area contributed by atoms with Gasteiger partial charge in [0.1, 0.15) is 18.2 Å². The number of nitrogen functional groups attached to an aromatic ring is 1. The van der Waals surface area contributed by atoms with Gasteiger partial charge in [0, 0.05) is 12.1 Å². The molecule has 0 unspecified atom stereocenters. The number of hydrogen-bond donors (Lipinski definition) is 1. The number of hydrogen-bond acceptors (Lipinski definition) is 3. The summed E-state index contributed by atoms with van der Waals surface area (Å²) in [5.41, 5.74) is 8.87. The molecular formula is C17H17N3O. The van der Waals surface area contributed by atoms with Crippen LogP contribution in [0, 0.1) is 6.92 Å². The molecule has 0 aliphatic heterocycles. The minimum Gasteiger partial charge on any atom is -0.489 e. The number of nitrogens with zero attached hydrogens (tertiary/aromatic N) is 2. The van der Waals surface area contributed by atoms with Crippen molar-refractivity contribution in [1.29, 1.82) is 0 Å². The number of rotatable bonds is 4. The highest BCUT2D eigenvalue weighted by Crippen LogP contribution is 2.20. The lowest BCUT2D eigenvalue weighted by atomic mass is 10.2. The van der Waals surface area contributed by atoms with Gasteiger partial charge in [-0.1, -0.05) is 36.4 Å². The summed E-state index contributed by atoms with van der Waals surface area (Å²) in [6.07, 6.45) is 0. The summed E-state index contributed by atoms with van der Waals surface area (Å²) in [5.74, 6) is 1.41. The van der Waals surface area contributed by atoms with Crippen LogP contribution in [0.25, 0.3) is 5.69 Å².